The van der Waals surface area contributed by atoms with Gasteiger partial charge in [0, 0.05) is 31.4 Å². The highest BCUT2D eigenvalue weighted by Crippen LogP contribution is 2.21. The standard InChI is InChI=1S/C21H19FN6O3S/c1-27(32(2,30)31)20-8-3-14(9-24-20)10-25-21(29)18-11-23-13-19-17(18)12-26-28(19)16-6-4-15(22)5-7-16/h3-9,11-13H,10H2,1-2H3,(H,25,29). The molecular formula is C21H19FN6O3S. The average Bonchev–Trinajstić information content (AvgIpc) is 3.21. The van der Waals surface area contributed by atoms with Crippen molar-refractivity contribution in [3.8, 4) is 5.69 Å². The van der Waals surface area contributed by atoms with E-state index in [2.05, 4.69) is 20.4 Å². The molecule has 0 aliphatic carbocycles. The summed E-state index contributed by atoms with van der Waals surface area (Å²) < 4.78 is 39.1. The van der Waals surface area contributed by atoms with Crippen LogP contribution in [0.2, 0.25) is 0 Å². The number of rotatable bonds is 6. The Bertz CT molecular complexity index is 1390. The van der Waals surface area contributed by atoms with Gasteiger partial charge < -0.3 is 5.32 Å². The van der Waals surface area contributed by atoms with E-state index in [4.69, 9.17) is 0 Å². The van der Waals surface area contributed by atoms with Crippen LogP contribution in [0.5, 0.6) is 0 Å². The third-order valence-corrected chi connectivity index (χ3v) is 6.08. The van der Waals surface area contributed by atoms with E-state index in [1.165, 1.54) is 31.6 Å². The largest absolute Gasteiger partial charge is 0.348 e. The molecule has 0 saturated heterocycles. The van der Waals surface area contributed by atoms with Crippen LogP contribution in [0, 0.1) is 5.82 Å². The second-order valence-electron chi connectivity index (χ2n) is 7.09. The summed E-state index contributed by atoms with van der Waals surface area (Å²) >= 11 is 0. The number of carbonyl (C=O) groups excluding carboxylic acids is 1. The molecule has 11 heteroatoms. The third kappa shape index (κ3) is 4.28. The fourth-order valence-electron chi connectivity index (χ4n) is 3.07. The molecule has 0 atom stereocenters. The Morgan fingerprint density at radius 2 is 1.84 bits per heavy atom. The predicted molar refractivity (Wildman–Crippen MR) is 117 cm³/mol. The molecule has 32 heavy (non-hydrogen) atoms. The Kier molecular flexibility index (Phi) is 5.57. The van der Waals surface area contributed by atoms with Gasteiger partial charge in [0.2, 0.25) is 10.0 Å². The number of nitrogens with zero attached hydrogens (tertiary/aromatic N) is 5. The van der Waals surface area contributed by atoms with E-state index >= 15 is 0 Å². The third-order valence-electron chi connectivity index (χ3n) is 4.90. The minimum atomic E-state index is -3.40. The molecule has 1 amide bonds. The molecular weight excluding hydrogens is 435 g/mol. The second-order valence-corrected chi connectivity index (χ2v) is 9.10. The van der Waals surface area contributed by atoms with Crippen molar-refractivity contribution >= 4 is 32.7 Å². The van der Waals surface area contributed by atoms with Crippen LogP contribution in [0.15, 0.2) is 61.2 Å². The van der Waals surface area contributed by atoms with E-state index in [9.17, 15) is 17.6 Å². The van der Waals surface area contributed by atoms with E-state index < -0.39 is 10.0 Å². The molecule has 3 heterocycles. The topological polar surface area (TPSA) is 110 Å². The molecule has 4 aromatic rings. The van der Waals surface area contributed by atoms with E-state index in [-0.39, 0.29) is 24.1 Å². The molecule has 164 valence electrons. The first kappa shape index (κ1) is 21.4. The molecule has 3 aromatic heterocycles. The van der Waals surface area contributed by atoms with Crippen molar-refractivity contribution in [1.29, 1.82) is 0 Å². The first-order chi connectivity index (χ1) is 15.2. The monoisotopic (exact) mass is 454 g/mol. The highest BCUT2D eigenvalue weighted by molar-refractivity contribution is 7.92. The maximum absolute atomic E-state index is 13.2. The summed E-state index contributed by atoms with van der Waals surface area (Å²) in [5.74, 6) is -0.419. The lowest BCUT2D eigenvalue weighted by atomic mass is 10.1. The highest BCUT2D eigenvalue weighted by atomic mass is 32.2. The molecule has 1 N–H and O–H groups in total. The number of sulfonamides is 1. The van der Waals surface area contributed by atoms with Gasteiger partial charge in [-0.2, -0.15) is 5.10 Å². The van der Waals surface area contributed by atoms with Gasteiger partial charge in [-0.3, -0.25) is 14.1 Å². The molecule has 0 aliphatic rings. The van der Waals surface area contributed by atoms with Crippen LogP contribution in [0.4, 0.5) is 10.2 Å². The molecule has 4 rings (SSSR count). The molecule has 9 nitrogen and oxygen atoms in total. The summed E-state index contributed by atoms with van der Waals surface area (Å²) in [4.78, 5) is 21.1. The van der Waals surface area contributed by atoms with Crippen molar-refractivity contribution in [2.75, 3.05) is 17.6 Å². The van der Waals surface area contributed by atoms with Gasteiger partial charge in [0.1, 0.15) is 11.6 Å². The van der Waals surface area contributed by atoms with Crippen LogP contribution in [0.1, 0.15) is 15.9 Å². The van der Waals surface area contributed by atoms with Crippen LogP contribution in [0.3, 0.4) is 0 Å². The Hall–Kier alpha value is -3.86. The number of nitrogens with one attached hydrogen (secondary N) is 1. The van der Waals surface area contributed by atoms with Crippen LogP contribution in [-0.4, -0.2) is 47.4 Å². The molecule has 0 fully saturated rings. The highest BCUT2D eigenvalue weighted by Gasteiger charge is 2.16. The number of benzene rings is 1. The maximum atomic E-state index is 13.2. The zero-order chi connectivity index (χ0) is 22.9. The number of hydrogen-bond donors (Lipinski definition) is 1. The fraction of sp³-hybridized carbons (Fsp3) is 0.143. The number of aromatic nitrogens is 4. The normalized spacial score (nSPS) is 11.5. The van der Waals surface area contributed by atoms with Gasteiger partial charge in [-0.15, -0.1) is 0 Å². The molecule has 0 bridgehead atoms. The smallest absolute Gasteiger partial charge is 0.253 e. The predicted octanol–water partition coefficient (Wildman–Crippen LogP) is 2.28. The Morgan fingerprint density at radius 1 is 1.09 bits per heavy atom. The number of carbonyl (C=O) groups is 1. The first-order valence-corrected chi connectivity index (χ1v) is 11.3. The van der Waals surface area contributed by atoms with Crippen LogP contribution in [0.25, 0.3) is 16.6 Å². The number of pyridine rings is 2. The van der Waals surface area contributed by atoms with Crippen molar-refractivity contribution < 1.29 is 17.6 Å². The van der Waals surface area contributed by atoms with Crippen molar-refractivity contribution in [1.82, 2.24) is 25.1 Å². The zero-order valence-electron chi connectivity index (χ0n) is 17.2. The SMILES string of the molecule is CN(c1ccc(CNC(=O)c2cncc3c2cnn3-c2ccc(F)cc2)cn1)S(C)(=O)=O. The van der Waals surface area contributed by atoms with Crippen LogP contribution >= 0.6 is 0 Å². The van der Waals surface area contributed by atoms with E-state index in [1.807, 2.05) is 0 Å². The quantitative estimate of drug-likeness (QED) is 0.479. The summed E-state index contributed by atoms with van der Waals surface area (Å²) in [6, 6.07) is 9.10. The van der Waals surface area contributed by atoms with Gasteiger partial charge >= 0.3 is 0 Å². The number of amides is 1. The minimum Gasteiger partial charge on any atom is -0.348 e. The molecule has 0 unspecified atom stereocenters. The van der Waals surface area contributed by atoms with E-state index in [0.717, 1.165) is 10.6 Å². The van der Waals surface area contributed by atoms with Gasteiger partial charge in [-0.1, -0.05) is 6.07 Å². The van der Waals surface area contributed by atoms with E-state index in [0.29, 0.717) is 27.7 Å². The number of anilines is 1. The molecule has 0 aliphatic heterocycles. The maximum Gasteiger partial charge on any atom is 0.253 e. The van der Waals surface area contributed by atoms with Crippen LogP contribution in [-0.2, 0) is 16.6 Å². The van der Waals surface area contributed by atoms with Gasteiger partial charge in [0.15, 0.2) is 0 Å². The van der Waals surface area contributed by atoms with Crippen molar-refractivity contribution in [3.05, 3.63) is 78.1 Å². The number of hydrogen-bond acceptors (Lipinski definition) is 6. The summed E-state index contributed by atoms with van der Waals surface area (Å²) in [5.41, 5.74) is 2.30. The molecule has 1 aromatic carbocycles. The molecule has 0 spiro atoms. The molecule has 0 saturated carbocycles. The zero-order valence-corrected chi connectivity index (χ0v) is 18.0. The number of halogens is 1. The Labute approximate surface area is 183 Å². The average molecular weight is 454 g/mol. The number of fused-ring (bicyclic) bond motifs is 1. The summed E-state index contributed by atoms with van der Waals surface area (Å²) in [6.07, 6.45) is 7.20. The second kappa shape index (κ2) is 8.35. The Morgan fingerprint density at radius 3 is 2.50 bits per heavy atom. The Balaban J connectivity index is 1.52. The minimum absolute atomic E-state index is 0.192. The van der Waals surface area contributed by atoms with E-state index in [1.54, 1.807) is 41.3 Å². The van der Waals surface area contributed by atoms with Crippen molar-refractivity contribution in [3.63, 3.8) is 0 Å². The lowest BCUT2D eigenvalue weighted by Crippen LogP contribution is -2.26. The van der Waals surface area contributed by atoms with Crippen molar-refractivity contribution in [2.24, 2.45) is 0 Å². The summed E-state index contributed by atoms with van der Waals surface area (Å²) in [6.45, 7) is 0.192. The molecule has 0 radical (unpaired) electrons. The fourth-order valence-corrected chi connectivity index (χ4v) is 3.51. The summed E-state index contributed by atoms with van der Waals surface area (Å²) in [7, 11) is -1.99. The van der Waals surface area contributed by atoms with Gasteiger partial charge in [0.05, 0.1) is 35.4 Å². The van der Waals surface area contributed by atoms with Gasteiger partial charge in [0.25, 0.3) is 5.91 Å². The first-order valence-electron chi connectivity index (χ1n) is 9.49. The lowest BCUT2D eigenvalue weighted by molar-refractivity contribution is 0.0952. The van der Waals surface area contributed by atoms with Crippen molar-refractivity contribution in [2.45, 2.75) is 6.54 Å². The van der Waals surface area contributed by atoms with Crippen LogP contribution < -0.4 is 9.62 Å². The van der Waals surface area contributed by atoms with Gasteiger partial charge in [-0.05, 0) is 35.9 Å². The van der Waals surface area contributed by atoms with Gasteiger partial charge in [-0.25, -0.2) is 22.5 Å². The summed E-state index contributed by atoms with van der Waals surface area (Å²) in [5, 5.41) is 7.72. The lowest BCUT2D eigenvalue weighted by Gasteiger charge is -2.15.